The third-order valence-corrected chi connectivity index (χ3v) is 4.87. The number of hydrogen-bond donors (Lipinski definition) is 2. The fourth-order valence-corrected chi connectivity index (χ4v) is 3.58. The number of nitrogens with one attached hydrogen (secondary N) is 2. The molecule has 1 aromatic carbocycles. The monoisotopic (exact) mass is 351 g/mol. The molecule has 0 spiro atoms. The zero-order valence-electron chi connectivity index (χ0n) is 14.8. The van der Waals surface area contributed by atoms with Crippen molar-refractivity contribution < 1.29 is 4.79 Å². The number of carbonyl (C=O) groups is 1. The summed E-state index contributed by atoms with van der Waals surface area (Å²) in [6.07, 6.45) is 4.37. The van der Waals surface area contributed by atoms with E-state index in [1.165, 1.54) is 0 Å². The molecule has 0 radical (unpaired) electrons. The average Bonchev–Trinajstić information content (AvgIpc) is 3.15. The number of rotatable bonds is 2. The van der Waals surface area contributed by atoms with E-state index in [4.69, 9.17) is 0 Å². The van der Waals surface area contributed by atoms with Crippen LogP contribution >= 0.6 is 0 Å². The molecule has 4 rings (SSSR count). The SMILES string of the molecule is Cc1c[nH]c(=O)n1-c1ccc(C(=O)N2Cc3cn[nH]c3CC(C)C2)cc1. The van der Waals surface area contributed by atoms with Gasteiger partial charge < -0.3 is 9.88 Å². The lowest BCUT2D eigenvalue weighted by Crippen LogP contribution is -2.33. The largest absolute Gasteiger partial charge is 0.334 e. The van der Waals surface area contributed by atoms with Gasteiger partial charge in [0.25, 0.3) is 5.91 Å². The van der Waals surface area contributed by atoms with Crippen molar-refractivity contribution in [1.29, 1.82) is 0 Å². The first-order valence-corrected chi connectivity index (χ1v) is 8.71. The van der Waals surface area contributed by atoms with Gasteiger partial charge in [0, 0.05) is 41.8 Å². The Morgan fingerprint density at radius 2 is 2.04 bits per heavy atom. The topological polar surface area (TPSA) is 86.8 Å². The van der Waals surface area contributed by atoms with Gasteiger partial charge in [0.1, 0.15) is 0 Å². The molecule has 1 aliphatic rings. The van der Waals surface area contributed by atoms with Crippen molar-refractivity contribution >= 4 is 5.91 Å². The second kappa shape index (κ2) is 6.33. The molecule has 1 atom stereocenters. The Morgan fingerprint density at radius 1 is 1.27 bits per heavy atom. The first-order valence-electron chi connectivity index (χ1n) is 8.71. The molecule has 1 aliphatic heterocycles. The minimum Gasteiger partial charge on any atom is -0.334 e. The van der Waals surface area contributed by atoms with E-state index >= 15 is 0 Å². The minimum absolute atomic E-state index is 0.00409. The maximum Gasteiger partial charge on any atom is 0.330 e. The third kappa shape index (κ3) is 2.85. The average molecular weight is 351 g/mol. The van der Waals surface area contributed by atoms with E-state index in [2.05, 4.69) is 22.1 Å². The van der Waals surface area contributed by atoms with Crippen LogP contribution in [0.3, 0.4) is 0 Å². The molecular weight excluding hydrogens is 330 g/mol. The van der Waals surface area contributed by atoms with E-state index in [9.17, 15) is 9.59 Å². The number of H-pyrrole nitrogens is 2. The van der Waals surface area contributed by atoms with Crippen LogP contribution in [-0.2, 0) is 13.0 Å². The van der Waals surface area contributed by atoms with Crippen LogP contribution in [0.25, 0.3) is 5.69 Å². The number of carbonyl (C=O) groups excluding carboxylic acids is 1. The van der Waals surface area contributed by atoms with Gasteiger partial charge in [-0.2, -0.15) is 5.10 Å². The lowest BCUT2D eigenvalue weighted by Gasteiger charge is -2.23. The Hall–Kier alpha value is -3.09. The van der Waals surface area contributed by atoms with Crippen molar-refractivity contribution in [1.82, 2.24) is 24.6 Å². The molecule has 0 saturated heterocycles. The van der Waals surface area contributed by atoms with Crippen LogP contribution in [0.1, 0.15) is 34.2 Å². The molecule has 1 amide bonds. The van der Waals surface area contributed by atoms with Gasteiger partial charge in [0.15, 0.2) is 0 Å². The van der Waals surface area contributed by atoms with Gasteiger partial charge >= 0.3 is 5.69 Å². The van der Waals surface area contributed by atoms with Crippen LogP contribution in [-0.4, -0.2) is 37.1 Å². The molecule has 2 aromatic heterocycles. The van der Waals surface area contributed by atoms with Gasteiger partial charge in [-0.25, -0.2) is 4.79 Å². The summed E-state index contributed by atoms with van der Waals surface area (Å²) < 4.78 is 1.58. The summed E-state index contributed by atoms with van der Waals surface area (Å²) in [6, 6.07) is 7.17. The van der Waals surface area contributed by atoms with Gasteiger partial charge in [-0.1, -0.05) is 6.92 Å². The van der Waals surface area contributed by atoms with Gasteiger partial charge in [0.2, 0.25) is 0 Å². The molecule has 2 N–H and O–H groups in total. The normalized spacial score (nSPS) is 17.0. The number of amides is 1. The van der Waals surface area contributed by atoms with E-state index in [-0.39, 0.29) is 11.6 Å². The van der Waals surface area contributed by atoms with Crippen molar-refractivity contribution in [2.75, 3.05) is 6.54 Å². The Kier molecular flexibility index (Phi) is 3.99. The highest BCUT2D eigenvalue weighted by Gasteiger charge is 2.24. The molecule has 1 unspecified atom stereocenters. The zero-order chi connectivity index (χ0) is 18.3. The number of aromatic amines is 2. The number of hydrogen-bond acceptors (Lipinski definition) is 3. The Balaban J connectivity index is 1.60. The first-order chi connectivity index (χ1) is 12.5. The predicted molar refractivity (Wildman–Crippen MR) is 97.3 cm³/mol. The standard InChI is InChI=1S/C19H21N5O2/c1-12-7-17-15(9-21-22-17)11-23(10-12)18(25)14-3-5-16(6-4-14)24-13(2)8-20-19(24)26/h3-6,8-9,12H,7,10-11H2,1-2H3,(H,20,26)(H,21,22). The smallest absolute Gasteiger partial charge is 0.330 e. The number of aromatic nitrogens is 4. The Labute approximate surface area is 150 Å². The second-order valence-corrected chi connectivity index (χ2v) is 6.99. The van der Waals surface area contributed by atoms with E-state index < -0.39 is 0 Å². The molecule has 7 nitrogen and oxygen atoms in total. The molecule has 3 aromatic rings. The van der Waals surface area contributed by atoms with Gasteiger partial charge in [-0.05, 0) is 43.5 Å². The summed E-state index contributed by atoms with van der Waals surface area (Å²) in [5, 5.41) is 7.14. The Morgan fingerprint density at radius 3 is 2.73 bits per heavy atom. The lowest BCUT2D eigenvalue weighted by molar-refractivity contribution is 0.0725. The van der Waals surface area contributed by atoms with Crippen LogP contribution in [0.2, 0.25) is 0 Å². The summed E-state index contributed by atoms with van der Waals surface area (Å²) in [7, 11) is 0. The van der Waals surface area contributed by atoms with Crippen LogP contribution in [0.4, 0.5) is 0 Å². The highest BCUT2D eigenvalue weighted by atomic mass is 16.2. The highest BCUT2D eigenvalue weighted by Crippen LogP contribution is 2.22. The number of nitrogens with zero attached hydrogens (tertiary/aromatic N) is 3. The maximum atomic E-state index is 13.0. The van der Waals surface area contributed by atoms with E-state index in [1.54, 1.807) is 41.2 Å². The number of imidazole rings is 1. The quantitative estimate of drug-likeness (QED) is 0.741. The summed E-state index contributed by atoms with van der Waals surface area (Å²) in [6.45, 7) is 5.27. The molecular formula is C19H21N5O2. The fourth-order valence-electron chi connectivity index (χ4n) is 3.58. The molecule has 7 heteroatoms. The summed E-state index contributed by atoms with van der Waals surface area (Å²) in [5.74, 6) is 0.358. The van der Waals surface area contributed by atoms with Gasteiger partial charge in [0.05, 0.1) is 11.9 Å². The summed E-state index contributed by atoms with van der Waals surface area (Å²) >= 11 is 0. The van der Waals surface area contributed by atoms with Crippen molar-refractivity contribution in [3.05, 3.63) is 69.7 Å². The van der Waals surface area contributed by atoms with Crippen LogP contribution in [0.15, 0.2) is 41.5 Å². The van der Waals surface area contributed by atoms with E-state index in [1.807, 2.05) is 11.8 Å². The zero-order valence-corrected chi connectivity index (χ0v) is 14.8. The molecule has 0 bridgehead atoms. The van der Waals surface area contributed by atoms with Gasteiger partial charge in [-0.3, -0.25) is 14.5 Å². The number of benzene rings is 1. The first kappa shape index (κ1) is 16.4. The Bertz CT molecular complexity index is 996. The van der Waals surface area contributed by atoms with Gasteiger partial charge in [-0.15, -0.1) is 0 Å². The predicted octanol–water partition coefficient (Wildman–Crippen LogP) is 2.03. The fraction of sp³-hybridized carbons (Fsp3) is 0.316. The van der Waals surface area contributed by atoms with Crippen molar-refractivity contribution in [2.45, 2.75) is 26.8 Å². The summed E-state index contributed by atoms with van der Waals surface area (Å²) in [4.78, 5) is 29.4. The highest BCUT2D eigenvalue weighted by molar-refractivity contribution is 5.94. The van der Waals surface area contributed by atoms with Crippen LogP contribution in [0, 0.1) is 12.8 Å². The van der Waals surface area contributed by atoms with Crippen molar-refractivity contribution in [3.8, 4) is 5.69 Å². The second-order valence-electron chi connectivity index (χ2n) is 6.99. The molecule has 26 heavy (non-hydrogen) atoms. The molecule has 134 valence electrons. The molecule has 0 fully saturated rings. The molecule has 0 saturated carbocycles. The van der Waals surface area contributed by atoms with Crippen molar-refractivity contribution in [2.24, 2.45) is 5.92 Å². The third-order valence-electron chi connectivity index (χ3n) is 4.87. The molecule has 0 aliphatic carbocycles. The minimum atomic E-state index is -0.185. The number of aryl methyl sites for hydroxylation is 1. The molecule has 3 heterocycles. The van der Waals surface area contributed by atoms with Crippen LogP contribution in [0.5, 0.6) is 0 Å². The maximum absolute atomic E-state index is 13.0. The van der Waals surface area contributed by atoms with E-state index in [0.29, 0.717) is 24.6 Å². The van der Waals surface area contributed by atoms with E-state index in [0.717, 1.165) is 29.1 Å². The summed E-state index contributed by atoms with van der Waals surface area (Å²) in [5.41, 5.74) is 4.19. The van der Waals surface area contributed by atoms with Crippen LogP contribution < -0.4 is 5.69 Å². The van der Waals surface area contributed by atoms with Crippen molar-refractivity contribution in [3.63, 3.8) is 0 Å². The number of fused-ring (bicyclic) bond motifs is 1. The lowest BCUT2D eigenvalue weighted by atomic mass is 10.1.